The summed E-state index contributed by atoms with van der Waals surface area (Å²) in [6.45, 7) is 1.74. The molecule has 2 rings (SSSR count). The average Bonchev–Trinajstić information content (AvgIpc) is 2.74. The Bertz CT molecular complexity index is 559. The molecule has 1 saturated carbocycles. The topological polar surface area (TPSA) is 66.4 Å². The van der Waals surface area contributed by atoms with Crippen LogP contribution in [0.2, 0.25) is 5.02 Å². The molecule has 1 aromatic rings. The summed E-state index contributed by atoms with van der Waals surface area (Å²) in [4.78, 5) is 0.250. The molecule has 0 aliphatic heterocycles. The Kier molecular flexibility index (Phi) is 4.50. The van der Waals surface area contributed by atoms with Gasteiger partial charge in [-0.1, -0.05) is 18.0 Å². The zero-order valence-corrected chi connectivity index (χ0v) is 12.3. The van der Waals surface area contributed by atoms with Crippen molar-refractivity contribution in [2.45, 2.75) is 37.1 Å². The number of halogens is 1. The van der Waals surface area contributed by atoms with Gasteiger partial charge in [-0.05, 0) is 49.4 Å². The molecule has 0 heterocycles. The van der Waals surface area contributed by atoms with E-state index in [-0.39, 0.29) is 23.5 Å². The van der Waals surface area contributed by atoms with Crippen molar-refractivity contribution in [1.29, 1.82) is 0 Å². The Morgan fingerprint density at radius 1 is 1.42 bits per heavy atom. The highest BCUT2D eigenvalue weighted by molar-refractivity contribution is 7.89. The lowest BCUT2D eigenvalue weighted by Gasteiger charge is -2.19. The van der Waals surface area contributed by atoms with Crippen molar-refractivity contribution >= 4 is 21.6 Å². The summed E-state index contributed by atoms with van der Waals surface area (Å²) in [5.74, 6) is 0.0161. The minimum absolute atomic E-state index is 0.0161. The number of benzene rings is 1. The summed E-state index contributed by atoms with van der Waals surface area (Å²) in [6.07, 6.45) is 2.58. The predicted molar refractivity (Wildman–Crippen MR) is 74.7 cm³/mol. The van der Waals surface area contributed by atoms with Crippen LogP contribution in [-0.2, 0) is 10.0 Å². The molecule has 1 aliphatic carbocycles. The van der Waals surface area contributed by atoms with Gasteiger partial charge in [-0.3, -0.25) is 0 Å². The second-order valence-electron chi connectivity index (χ2n) is 5.01. The Labute approximate surface area is 118 Å². The van der Waals surface area contributed by atoms with E-state index < -0.39 is 10.0 Å². The fraction of sp³-hybridized carbons (Fsp3) is 0.538. The number of hydrogen-bond acceptors (Lipinski definition) is 3. The summed E-state index contributed by atoms with van der Waals surface area (Å²) in [7, 11) is -3.55. The Hall–Kier alpha value is -0.620. The molecule has 1 aliphatic rings. The van der Waals surface area contributed by atoms with Gasteiger partial charge in [-0.25, -0.2) is 13.1 Å². The third-order valence-electron chi connectivity index (χ3n) is 3.63. The Morgan fingerprint density at radius 3 is 2.79 bits per heavy atom. The van der Waals surface area contributed by atoms with Gasteiger partial charge in [-0.15, -0.1) is 0 Å². The standard InChI is InChI=1S/C13H18ClNO3S/c1-9-7-11(14)5-6-13(9)19(17,18)15-12-4-2-3-10(12)8-16/h5-7,10,12,15-16H,2-4,8H2,1H3. The maximum Gasteiger partial charge on any atom is 0.241 e. The molecule has 0 spiro atoms. The lowest BCUT2D eigenvalue weighted by atomic mass is 10.1. The number of rotatable bonds is 4. The molecule has 1 fully saturated rings. The summed E-state index contributed by atoms with van der Waals surface area (Å²) in [5.41, 5.74) is 0.624. The van der Waals surface area contributed by atoms with Crippen LogP contribution in [0.5, 0.6) is 0 Å². The van der Waals surface area contributed by atoms with Crippen LogP contribution in [-0.4, -0.2) is 26.2 Å². The smallest absolute Gasteiger partial charge is 0.241 e. The summed E-state index contributed by atoms with van der Waals surface area (Å²) in [6, 6.07) is 4.54. The van der Waals surface area contributed by atoms with Crippen molar-refractivity contribution in [3.63, 3.8) is 0 Å². The summed E-state index contributed by atoms with van der Waals surface area (Å²) < 4.78 is 27.4. The fourth-order valence-corrected chi connectivity index (χ4v) is 4.38. The highest BCUT2D eigenvalue weighted by atomic mass is 35.5. The minimum Gasteiger partial charge on any atom is -0.396 e. The van der Waals surface area contributed by atoms with Gasteiger partial charge in [-0.2, -0.15) is 0 Å². The first-order valence-corrected chi connectivity index (χ1v) is 8.19. The first kappa shape index (κ1) is 14.8. The number of aliphatic hydroxyl groups excluding tert-OH is 1. The molecule has 2 atom stereocenters. The molecule has 1 aromatic carbocycles. The van der Waals surface area contributed by atoms with Gasteiger partial charge in [0.05, 0.1) is 4.90 Å². The van der Waals surface area contributed by atoms with Crippen LogP contribution < -0.4 is 4.72 Å². The van der Waals surface area contributed by atoms with E-state index >= 15 is 0 Å². The molecular formula is C13H18ClNO3S. The van der Waals surface area contributed by atoms with E-state index in [1.807, 2.05) is 0 Å². The van der Waals surface area contributed by atoms with E-state index in [2.05, 4.69) is 4.72 Å². The number of sulfonamides is 1. The molecule has 6 heteroatoms. The number of aryl methyl sites for hydroxylation is 1. The van der Waals surface area contributed by atoms with Gasteiger partial charge < -0.3 is 5.11 Å². The first-order chi connectivity index (χ1) is 8.94. The van der Waals surface area contributed by atoms with Crippen molar-refractivity contribution < 1.29 is 13.5 Å². The quantitative estimate of drug-likeness (QED) is 0.895. The third kappa shape index (κ3) is 3.28. The second-order valence-corrected chi connectivity index (χ2v) is 7.13. The molecule has 19 heavy (non-hydrogen) atoms. The van der Waals surface area contributed by atoms with Gasteiger partial charge in [0.25, 0.3) is 0 Å². The highest BCUT2D eigenvalue weighted by Gasteiger charge is 2.31. The van der Waals surface area contributed by atoms with E-state index in [9.17, 15) is 13.5 Å². The molecule has 0 bridgehead atoms. The van der Waals surface area contributed by atoms with Crippen molar-refractivity contribution in [3.8, 4) is 0 Å². The normalized spacial score (nSPS) is 23.7. The molecule has 2 N–H and O–H groups in total. The molecule has 2 unspecified atom stereocenters. The van der Waals surface area contributed by atoms with Crippen LogP contribution >= 0.6 is 11.6 Å². The molecule has 0 saturated heterocycles. The van der Waals surface area contributed by atoms with Crippen LogP contribution in [0.3, 0.4) is 0 Å². The van der Waals surface area contributed by atoms with Gasteiger partial charge in [0.1, 0.15) is 0 Å². The van der Waals surface area contributed by atoms with E-state index in [0.717, 1.165) is 19.3 Å². The van der Waals surface area contributed by atoms with E-state index in [4.69, 9.17) is 11.6 Å². The highest BCUT2D eigenvalue weighted by Crippen LogP contribution is 2.27. The van der Waals surface area contributed by atoms with E-state index in [1.165, 1.54) is 6.07 Å². The van der Waals surface area contributed by atoms with Crippen molar-refractivity contribution in [3.05, 3.63) is 28.8 Å². The van der Waals surface area contributed by atoms with Gasteiger partial charge in [0.2, 0.25) is 10.0 Å². The first-order valence-electron chi connectivity index (χ1n) is 6.33. The SMILES string of the molecule is Cc1cc(Cl)ccc1S(=O)(=O)NC1CCCC1CO. The molecule has 0 amide bonds. The largest absolute Gasteiger partial charge is 0.396 e. The number of hydrogen-bond donors (Lipinski definition) is 2. The monoisotopic (exact) mass is 303 g/mol. The lowest BCUT2D eigenvalue weighted by Crippen LogP contribution is -2.38. The van der Waals surface area contributed by atoms with Crippen LogP contribution in [0, 0.1) is 12.8 Å². The van der Waals surface area contributed by atoms with Gasteiger partial charge in [0.15, 0.2) is 0 Å². The predicted octanol–water partition coefficient (Wildman–Crippen LogP) is 2.09. The van der Waals surface area contributed by atoms with Gasteiger partial charge in [0, 0.05) is 17.7 Å². The van der Waals surface area contributed by atoms with Crippen LogP contribution in [0.4, 0.5) is 0 Å². The lowest BCUT2D eigenvalue weighted by molar-refractivity contribution is 0.213. The Morgan fingerprint density at radius 2 is 2.16 bits per heavy atom. The fourth-order valence-electron chi connectivity index (χ4n) is 2.59. The summed E-state index contributed by atoms with van der Waals surface area (Å²) in [5, 5.41) is 9.76. The molecule has 4 nitrogen and oxygen atoms in total. The van der Waals surface area contributed by atoms with E-state index in [0.29, 0.717) is 10.6 Å². The van der Waals surface area contributed by atoms with Crippen molar-refractivity contribution in [2.24, 2.45) is 5.92 Å². The van der Waals surface area contributed by atoms with Crippen LogP contribution in [0.25, 0.3) is 0 Å². The average molecular weight is 304 g/mol. The maximum absolute atomic E-state index is 12.3. The van der Waals surface area contributed by atoms with Gasteiger partial charge >= 0.3 is 0 Å². The van der Waals surface area contributed by atoms with Crippen molar-refractivity contribution in [1.82, 2.24) is 4.72 Å². The third-order valence-corrected chi connectivity index (χ3v) is 5.51. The molecular weight excluding hydrogens is 286 g/mol. The van der Waals surface area contributed by atoms with E-state index in [1.54, 1.807) is 19.1 Å². The maximum atomic E-state index is 12.3. The molecule has 0 aromatic heterocycles. The summed E-state index contributed by atoms with van der Waals surface area (Å²) >= 11 is 5.83. The minimum atomic E-state index is -3.55. The Balaban J connectivity index is 2.23. The number of nitrogens with one attached hydrogen (secondary N) is 1. The zero-order chi connectivity index (χ0) is 14.0. The second kappa shape index (κ2) is 5.79. The molecule has 106 valence electrons. The molecule has 0 radical (unpaired) electrons. The van der Waals surface area contributed by atoms with Crippen LogP contribution in [0.1, 0.15) is 24.8 Å². The van der Waals surface area contributed by atoms with Crippen LogP contribution in [0.15, 0.2) is 23.1 Å². The number of aliphatic hydroxyl groups is 1. The zero-order valence-electron chi connectivity index (χ0n) is 10.8. The van der Waals surface area contributed by atoms with Crippen molar-refractivity contribution in [2.75, 3.05) is 6.61 Å².